The Hall–Kier alpha value is -1.84. The molecule has 0 N–H and O–H groups in total. The summed E-state index contributed by atoms with van der Waals surface area (Å²) >= 11 is 0. The van der Waals surface area contributed by atoms with E-state index < -0.39 is 11.6 Å². The normalized spacial score (nSPS) is 10.9. The molecule has 0 bridgehead atoms. The molecule has 0 aliphatic rings. The fourth-order valence-corrected chi connectivity index (χ4v) is 1.34. The average Bonchev–Trinajstić information content (AvgIpc) is 2.38. The Morgan fingerprint density at radius 2 is 1.47 bits per heavy atom. The summed E-state index contributed by atoms with van der Waals surface area (Å²) in [5, 5.41) is 0. The number of hydrogen-bond donors (Lipinski definition) is 0. The van der Waals surface area contributed by atoms with E-state index in [0.717, 1.165) is 6.42 Å². The molecule has 0 aliphatic carbocycles. The SMILES string of the molecule is CCOC(=O)c1ccc(C(=O)OC(C)(C)CC)cc1. The minimum absolute atomic E-state index is 0.327. The van der Waals surface area contributed by atoms with E-state index >= 15 is 0 Å². The molecule has 0 spiro atoms. The maximum atomic E-state index is 11.9. The summed E-state index contributed by atoms with van der Waals surface area (Å²) in [6.45, 7) is 7.75. The summed E-state index contributed by atoms with van der Waals surface area (Å²) in [5.74, 6) is -0.779. The van der Waals surface area contributed by atoms with Crippen LogP contribution in [0.25, 0.3) is 0 Å². The van der Waals surface area contributed by atoms with Gasteiger partial charge in [0.05, 0.1) is 17.7 Å². The maximum absolute atomic E-state index is 11.9. The predicted molar refractivity (Wildman–Crippen MR) is 72.2 cm³/mol. The van der Waals surface area contributed by atoms with Gasteiger partial charge in [-0.25, -0.2) is 9.59 Å². The van der Waals surface area contributed by atoms with Gasteiger partial charge in [-0.3, -0.25) is 0 Å². The quantitative estimate of drug-likeness (QED) is 0.766. The van der Waals surface area contributed by atoms with Crippen molar-refractivity contribution in [2.24, 2.45) is 0 Å². The molecule has 0 saturated carbocycles. The molecule has 1 aromatic carbocycles. The summed E-state index contributed by atoms with van der Waals surface area (Å²) in [6, 6.07) is 6.27. The number of carbonyl (C=O) groups is 2. The second kappa shape index (κ2) is 6.36. The lowest BCUT2D eigenvalue weighted by atomic mass is 10.1. The van der Waals surface area contributed by atoms with Gasteiger partial charge in [0.1, 0.15) is 5.60 Å². The molecular weight excluding hydrogens is 244 g/mol. The second-order valence-corrected chi connectivity index (χ2v) is 4.80. The Labute approximate surface area is 113 Å². The van der Waals surface area contributed by atoms with Crippen LogP contribution in [-0.4, -0.2) is 24.1 Å². The molecule has 19 heavy (non-hydrogen) atoms. The van der Waals surface area contributed by atoms with Gasteiger partial charge in [-0.2, -0.15) is 0 Å². The standard InChI is InChI=1S/C15H20O4/c1-5-15(3,4)19-14(17)12-9-7-11(8-10-12)13(16)18-6-2/h7-10H,5-6H2,1-4H3. The van der Waals surface area contributed by atoms with Crippen molar-refractivity contribution in [2.75, 3.05) is 6.61 Å². The third-order valence-corrected chi connectivity index (χ3v) is 2.85. The predicted octanol–water partition coefficient (Wildman–Crippen LogP) is 3.21. The van der Waals surface area contributed by atoms with Crippen molar-refractivity contribution < 1.29 is 19.1 Å². The van der Waals surface area contributed by atoms with E-state index in [1.54, 1.807) is 31.2 Å². The van der Waals surface area contributed by atoms with Gasteiger partial charge >= 0.3 is 11.9 Å². The Balaban J connectivity index is 2.76. The molecule has 0 heterocycles. The van der Waals surface area contributed by atoms with Gasteiger partial charge < -0.3 is 9.47 Å². The average molecular weight is 264 g/mol. The van der Waals surface area contributed by atoms with E-state index in [2.05, 4.69) is 0 Å². The first-order valence-corrected chi connectivity index (χ1v) is 6.40. The first-order valence-electron chi connectivity index (χ1n) is 6.40. The van der Waals surface area contributed by atoms with Crippen molar-refractivity contribution in [2.45, 2.75) is 39.7 Å². The van der Waals surface area contributed by atoms with E-state index in [9.17, 15) is 9.59 Å². The monoisotopic (exact) mass is 264 g/mol. The molecule has 4 nitrogen and oxygen atoms in total. The van der Waals surface area contributed by atoms with E-state index in [0.29, 0.717) is 17.7 Å². The Kier molecular flexibility index (Phi) is 5.10. The lowest BCUT2D eigenvalue weighted by Gasteiger charge is -2.23. The molecule has 0 unspecified atom stereocenters. The van der Waals surface area contributed by atoms with Gasteiger partial charge in [0.15, 0.2) is 0 Å². The summed E-state index contributed by atoms with van der Waals surface area (Å²) in [5.41, 5.74) is 0.361. The van der Waals surface area contributed by atoms with E-state index in [-0.39, 0.29) is 5.97 Å². The van der Waals surface area contributed by atoms with Crippen LogP contribution in [0.4, 0.5) is 0 Å². The third kappa shape index (κ3) is 4.39. The van der Waals surface area contributed by atoms with Crippen LogP contribution < -0.4 is 0 Å². The largest absolute Gasteiger partial charge is 0.462 e. The van der Waals surface area contributed by atoms with Crippen molar-refractivity contribution in [1.82, 2.24) is 0 Å². The van der Waals surface area contributed by atoms with Crippen LogP contribution in [0.15, 0.2) is 24.3 Å². The summed E-state index contributed by atoms with van der Waals surface area (Å²) in [4.78, 5) is 23.4. The summed E-state index contributed by atoms with van der Waals surface area (Å²) in [6.07, 6.45) is 0.736. The number of hydrogen-bond acceptors (Lipinski definition) is 4. The first-order chi connectivity index (χ1) is 8.89. The van der Waals surface area contributed by atoms with Crippen molar-refractivity contribution in [1.29, 1.82) is 0 Å². The Bertz CT molecular complexity index is 446. The van der Waals surface area contributed by atoms with Crippen LogP contribution in [0.1, 0.15) is 54.8 Å². The molecule has 0 aliphatic heterocycles. The smallest absolute Gasteiger partial charge is 0.338 e. The molecule has 0 radical (unpaired) electrons. The summed E-state index contributed by atoms with van der Waals surface area (Å²) in [7, 11) is 0. The lowest BCUT2D eigenvalue weighted by Crippen LogP contribution is -2.27. The second-order valence-electron chi connectivity index (χ2n) is 4.80. The molecule has 0 amide bonds. The van der Waals surface area contributed by atoms with Crippen LogP contribution >= 0.6 is 0 Å². The zero-order chi connectivity index (χ0) is 14.5. The lowest BCUT2D eigenvalue weighted by molar-refractivity contribution is -0.00247. The van der Waals surface area contributed by atoms with Crippen molar-refractivity contribution >= 4 is 11.9 Å². The first kappa shape index (κ1) is 15.2. The van der Waals surface area contributed by atoms with Crippen LogP contribution in [0.3, 0.4) is 0 Å². The molecule has 1 rings (SSSR count). The van der Waals surface area contributed by atoms with E-state index in [4.69, 9.17) is 9.47 Å². The molecule has 0 saturated heterocycles. The van der Waals surface area contributed by atoms with Gasteiger partial charge in [0.25, 0.3) is 0 Å². The fourth-order valence-electron chi connectivity index (χ4n) is 1.34. The Morgan fingerprint density at radius 1 is 1.00 bits per heavy atom. The molecular formula is C15H20O4. The van der Waals surface area contributed by atoms with Gasteiger partial charge in [-0.05, 0) is 51.5 Å². The minimum Gasteiger partial charge on any atom is -0.462 e. The van der Waals surface area contributed by atoms with Crippen LogP contribution in [0.2, 0.25) is 0 Å². The molecule has 0 fully saturated rings. The van der Waals surface area contributed by atoms with Crippen molar-refractivity contribution in [3.8, 4) is 0 Å². The van der Waals surface area contributed by atoms with E-state index in [1.165, 1.54) is 0 Å². The number of ether oxygens (including phenoxy) is 2. The van der Waals surface area contributed by atoms with Gasteiger partial charge in [0, 0.05) is 0 Å². The highest BCUT2D eigenvalue weighted by atomic mass is 16.6. The van der Waals surface area contributed by atoms with Crippen LogP contribution in [-0.2, 0) is 9.47 Å². The van der Waals surface area contributed by atoms with Gasteiger partial charge in [-0.15, -0.1) is 0 Å². The zero-order valence-electron chi connectivity index (χ0n) is 11.9. The zero-order valence-corrected chi connectivity index (χ0v) is 11.9. The van der Waals surface area contributed by atoms with Gasteiger partial charge in [0.2, 0.25) is 0 Å². The molecule has 104 valence electrons. The molecule has 0 aromatic heterocycles. The number of benzene rings is 1. The molecule has 4 heteroatoms. The van der Waals surface area contributed by atoms with E-state index in [1.807, 2.05) is 20.8 Å². The fraction of sp³-hybridized carbons (Fsp3) is 0.467. The number of rotatable bonds is 5. The van der Waals surface area contributed by atoms with Crippen LogP contribution in [0.5, 0.6) is 0 Å². The van der Waals surface area contributed by atoms with Crippen molar-refractivity contribution in [3.63, 3.8) is 0 Å². The maximum Gasteiger partial charge on any atom is 0.338 e. The number of esters is 2. The highest BCUT2D eigenvalue weighted by molar-refractivity contribution is 5.93. The van der Waals surface area contributed by atoms with Crippen LogP contribution in [0, 0.1) is 0 Å². The van der Waals surface area contributed by atoms with Gasteiger partial charge in [-0.1, -0.05) is 6.92 Å². The highest BCUT2D eigenvalue weighted by Gasteiger charge is 2.21. The third-order valence-electron chi connectivity index (χ3n) is 2.85. The summed E-state index contributed by atoms with van der Waals surface area (Å²) < 4.78 is 10.2. The highest BCUT2D eigenvalue weighted by Crippen LogP contribution is 2.17. The number of carbonyl (C=O) groups excluding carboxylic acids is 2. The van der Waals surface area contributed by atoms with Crippen molar-refractivity contribution in [3.05, 3.63) is 35.4 Å². The topological polar surface area (TPSA) is 52.6 Å². The molecule has 1 aromatic rings. The Morgan fingerprint density at radius 3 is 1.89 bits per heavy atom. The molecule has 0 atom stereocenters. The minimum atomic E-state index is -0.489.